The van der Waals surface area contributed by atoms with Crippen LogP contribution in [0.25, 0.3) is 10.7 Å². The minimum absolute atomic E-state index is 0.112. The van der Waals surface area contributed by atoms with Crippen molar-refractivity contribution in [3.63, 3.8) is 0 Å². The molecule has 0 aromatic carbocycles. The number of hydrogen-bond acceptors (Lipinski definition) is 8. The Balaban J connectivity index is 1.66. The van der Waals surface area contributed by atoms with Crippen molar-refractivity contribution in [2.45, 2.75) is 25.2 Å². The van der Waals surface area contributed by atoms with Crippen LogP contribution in [0.5, 0.6) is 5.88 Å². The molecule has 1 saturated heterocycles. The van der Waals surface area contributed by atoms with E-state index in [9.17, 15) is 8.42 Å². The Bertz CT molecular complexity index is 807. The highest BCUT2D eigenvalue weighted by Crippen LogP contribution is 2.56. The molecule has 118 valence electrons. The first-order chi connectivity index (χ1) is 10.5. The predicted octanol–water partition coefficient (Wildman–Crippen LogP) is 1.88. The van der Waals surface area contributed by atoms with Crippen molar-refractivity contribution in [2.24, 2.45) is 5.41 Å². The lowest BCUT2D eigenvalue weighted by Gasteiger charge is -2.40. The third kappa shape index (κ3) is 2.14. The monoisotopic (exact) mass is 341 g/mol. The normalized spacial score (nSPS) is 25.2. The van der Waals surface area contributed by atoms with Gasteiger partial charge in [-0.2, -0.15) is 9.36 Å². The Morgan fingerprint density at radius 1 is 1.45 bits per heavy atom. The van der Waals surface area contributed by atoms with Crippen LogP contribution < -0.4 is 4.74 Å². The second-order valence-corrected chi connectivity index (χ2v) is 8.93. The summed E-state index contributed by atoms with van der Waals surface area (Å²) < 4.78 is 38.6. The van der Waals surface area contributed by atoms with Gasteiger partial charge in [-0.05, 0) is 29.8 Å². The van der Waals surface area contributed by atoms with Gasteiger partial charge in [0, 0.05) is 6.07 Å². The van der Waals surface area contributed by atoms with Crippen LogP contribution in [0.15, 0.2) is 10.6 Å². The van der Waals surface area contributed by atoms with E-state index >= 15 is 0 Å². The Morgan fingerprint density at radius 3 is 2.91 bits per heavy atom. The van der Waals surface area contributed by atoms with Gasteiger partial charge in [0.15, 0.2) is 9.84 Å². The molecule has 2 aliphatic rings. The molecule has 1 saturated carbocycles. The van der Waals surface area contributed by atoms with Crippen molar-refractivity contribution in [1.29, 1.82) is 0 Å². The summed E-state index contributed by atoms with van der Waals surface area (Å²) in [5.74, 6) is 1.56. The molecule has 1 atom stereocenters. The summed E-state index contributed by atoms with van der Waals surface area (Å²) in [6.45, 7) is 0. The highest BCUT2D eigenvalue weighted by molar-refractivity contribution is 7.91. The summed E-state index contributed by atoms with van der Waals surface area (Å²) in [7, 11) is -1.48. The van der Waals surface area contributed by atoms with E-state index in [1.54, 1.807) is 13.2 Å². The van der Waals surface area contributed by atoms with Crippen LogP contribution >= 0.6 is 11.5 Å². The molecule has 0 amide bonds. The fourth-order valence-corrected chi connectivity index (χ4v) is 6.54. The molecule has 22 heavy (non-hydrogen) atoms. The molecule has 7 nitrogen and oxygen atoms in total. The van der Waals surface area contributed by atoms with Crippen molar-refractivity contribution in [3.05, 3.63) is 12.0 Å². The van der Waals surface area contributed by atoms with E-state index in [1.165, 1.54) is 11.5 Å². The van der Waals surface area contributed by atoms with Crippen LogP contribution in [0.3, 0.4) is 0 Å². The Hall–Kier alpha value is -1.48. The minimum Gasteiger partial charge on any atom is -0.480 e. The molecule has 1 aliphatic heterocycles. The third-order valence-corrected chi connectivity index (χ3v) is 7.30. The number of aromatic nitrogens is 3. The fraction of sp³-hybridized carbons (Fsp3) is 0.615. The minimum atomic E-state index is -3.02. The van der Waals surface area contributed by atoms with Gasteiger partial charge in [-0.15, -0.1) is 0 Å². The van der Waals surface area contributed by atoms with Crippen LogP contribution in [0.1, 0.15) is 31.1 Å². The molecule has 1 spiro atoms. The van der Waals surface area contributed by atoms with Gasteiger partial charge in [0.2, 0.25) is 17.6 Å². The lowest BCUT2D eigenvalue weighted by molar-refractivity contribution is 0.123. The first-order valence-electron chi connectivity index (χ1n) is 7.06. The summed E-state index contributed by atoms with van der Waals surface area (Å²) in [5.41, 5.74) is -0.186. The second-order valence-electron chi connectivity index (χ2n) is 6.01. The zero-order valence-corrected chi connectivity index (χ0v) is 13.6. The molecular weight excluding hydrogens is 326 g/mol. The molecule has 2 aromatic rings. The van der Waals surface area contributed by atoms with Crippen molar-refractivity contribution in [3.8, 4) is 16.6 Å². The van der Waals surface area contributed by atoms with Crippen molar-refractivity contribution >= 4 is 21.4 Å². The average Bonchev–Trinajstić information content (AvgIpc) is 3.11. The number of rotatable bonds is 3. The molecule has 1 unspecified atom stereocenters. The van der Waals surface area contributed by atoms with E-state index in [1.807, 2.05) is 0 Å². The van der Waals surface area contributed by atoms with Crippen LogP contribution in [-0.4, -0.2) is 41.5 Å². The smallest absolute Gasteiger partial charge is 0.231 e. The van der Waals surface area contributed by atoms with Gasteiger partial charge >= 0.3 is 0 Å². The number of nitrogens with zero attached hydrogens (tertiary/aromatic N) is 3. The number of ether oxygens (including phenoxy) is 1. The lowest BCUT2D eigenvalue weighted by atomic mass is 9.63. The molecule has 2 aromatic heterocycles. The van der Waals surface area contributed by atoms with Gasteiger partial charge in [0.1, 0.15) is 0 Å². The van der Waals surface area contributed by atoms with Crippen molar-refractivity contribution < 1.29 is 17.7 Å². The second kappa shape index (κ2) is 4.76. The van der Waals surface area contributed by atoms with Crippen LogP contribution in [0.2, 0.25) is 0 Å². The average molecular weight is 341 g/mol. The van der Waals surface area contributed by atoms with E-state index in [0.29, 0.717) is 17.6 Å². The maximum atomic E-state index is 12.0. The Kier molecular flexibility index (Phi) is 3.06. The Morgan fingerprint density at radius 2 is 2.27 bits per heavy atom. The van der Waals surface area contributed by atoms with E-state index in [0.717, 1.165) is 24.1 Å². The maximum absolute atomic E-state index is 12.0. The van der Waals surface area contributed by atoms with Gasteiger partial charge in [-0.3, -0.25) is 0 Å². The van der Waals surface area contributed by atoms with Gasteiger partial charge in [0.05, 0.1) is 29.4 Å². The summed E-state index contributed by atoms with van der Waals surface area (Å²) in [5, 5.41) is 3.98. The third-order valence-electron chi connectivity index (χ3n) is 4.67. The molecule has 2 fully saturated rings. The number of hydrogen-bond donors (Lipinski definition) is 0. The zero-order chi connectivity index (χ0) is 15.4. The van der Waals surface area contributed by atoms with Gasteiger partial charge < -0.3 is 9.26 Å². The summed E-state index contributed by atoms with van der Waals surface area (Å²) in [6.07, 6.45) is 2.91. The van der Waals surface area contributed by atoms with Gasteiger partial charge in [-0.1, -0.05) is 11.6 Å². The molecule has 1 aliphatic carbocycles. The van der Waals surface area contributed by atoms with Crippen LogP contribution in [0.4, 0.5) is 0 Å². The molecule has 0 radical (unpaired) electrons. The predicted molar refractivity (Wildman–Crippen MR) is 79.6 cm³/mol. The van der Waals surface area contributed by atoms with E-state index < -0.39 is 9.84 Å². The zero-order valence-electron chi connectivity index (χ0n) is 12.0. The number of methoxy groups -OCH3 is 1. The standard InChI is InChI=1S/C13H15N3O4S2/c1-19-10-5-9(21-16-10)11-14-12(20-15-11)8-6-22(17,18)7-13(8)3-2-4-13/h5,8H,2-4,6-7H2,1H3. The van der Waals surface area contributed by atoms with Crippen LogP contribution in [0, 0.1) is 5.41 Å². The largest absolute Gasteiger partial charge is 0.480 e. The van der Waals surface area contributed by atoms with Crippen molar-refractivity contribution in [1.82, 2.24) is 14.5 Å². The molecule has 0 bridgehead atoms. The summed E-state index contributed by atoms with van der Waals surface area (Å²) >= 11 is 1.22. The molecular formula is C13H15N3O4S2. The topological polar surface area (TPSA) is 95.2 Å². The van der Waals surface area contributed by atoms with E-state index in [4.69, 9.17) is 9.26 Å². The molecule has 4 rings (SSSR count). The number of sulfone groups is 1. The lowest BCUT2D eigenvalue weighted by Crippen LogP contribution is -2.35. The summed E-state index contributed by atoms with van der Waals surface area (Å²) in [6, 6.07) is 1.74. The van der Waals surface area contributed by atoms with Crippen molar-refractivity contribution in [2.75, 3.05) is 18.6 Å². The fourth-order valence-electron chi connectivity index (χ4n) is 3.42. The quantitative estimate of drug-likeness (QED) is 0.841. The highest BCUT2D eigenvalue weighted by atomic mass is 32.2. The highest BCUT2D eigenvalue weighted by Gasteiger charge is 2.56. The maximum Gasteiger partial charge on any atom is 0.231 e. The first kappa shape index (κ1) is 14.1. The van der Waals surface area contributed by atoms with E-state index in [2.05, 4.69) is 14.5 Å². The summed E-state index contributed by atoms with van der Waals surface area (Å²) in [4.78, 5) is 5.17. The van der Waals surface area contributed by atoms with Crippen LogP contribution in [-0.2, 0) is 9.84 Å². The van der Waals surface area contributed by atoms with Gasteiger partial charge in [0.25, 0.3) is 0 Å². The molecule has 3 heterocycles. The van der Waals surface area contributed by atoms with E-state index in [-0.39, 0.29) is 22.8 Å². The van der Waals surface area contributed by atoms with Gasteiger partial charge in [-0.25, -0.2) is 8.42 Å². The molecule has 9 heteroatoms. The first-order valence-corrected chi connectivity index (χ1v) is 9.66. The Labute approximate surface area is 131 Å². The molecule has 0 N–H and O–H groups in total. The SMILES string of the molecule is COc1cc(-c2noc(C3CS(=O)(=O)CC34CCC4)n2)sn1.